The van der Waals surface area contributed by atoms with Crippen LogP contribution in [0.3, 0.4) is 0 Å². The van der Waals surface area contributed by atoms with Crippen molar-refractivity contribution in [3.05, 3.63) is 77.9 Å². The Labute approximate surface area is 175 Å². The summed E-state index contributed by atoms with van der Waals surface area (Å²) in [6, 6.07) is 21.6. The molecule has 0 fully saturated rings. The maximum atomic E-state index is 11.5. The van der Waals surface area contributed by atoms with Crippen LogP contribution in [0.15, 0.2) is 66.7 Å². The van der Waals surface area contributed by atoms with E-state index in [-0.39, 0.29) is 18.2 Å². The van der Waals surface area contributed by atoms with Gasteiger partial charge in [-0.05, 0) is 47.0 Å². The highest BCUT2D eigenvalue weighted by atomic mass is 16.5. The number of rotatable bonds is 8. The van der Waals surface area contributed by atoms with Crippen LogP contribution in [0.1, 0.15) is 11.1 Å². The van der Waals surface area contributed by atoms with Crippen LogP contribution < -0.4 is 21.1 Å². The molecule has 1 aliphatic heterocycles. The summed E-state index contributed by atoms with van der Waals surface area (Å²) in [5.41, 5.74) is 11.2. The number of para-hydroxylation sites is 1. The Balaban J connectivity index is 1.31. The molecule has 0 aliphatic carbocycles. The van der Waals surface area contributed by atoms with Crippen molar-refractivity contribution in [3.8, 4) is 16.9 Å². The first-order valence-corrected chi connectivity index (χ1v) is 9.84. The van der Waals surface area contributed by atoms with Crippen LogP contribution in [0.5, 0.6) is 5.75 Å². The van der Waals surface area contributed by atoms with Crippen molar-refractivity contribution >= 4 is 23.2 Å². The Morgan fingerprint density at radius 3 is 2.60 bits per heavy atom. The van der Waals surface area contributed by atoms with Crippen molar-refractivity contribution in [2.75, 3.05) is 23.8 Å². The number of hydrogen-bond acceptors (Lipinski definition) is 4. The average Bonchev–Trinajstić information content (AvgIpc) is 3.11. The van der Waals surface area contributed by atoms with E-state index in [4.69, 9.17) is 10.5 Å². The minimum absolute atomic E-state index is 0.0427. The van der Waals surface area contributed by atoms with Gasteiger partial charge in [-0.3, -0.25) is 9.59 Å². The van der Waals surface area contributed by atoms with Crippen molar-refractivity contribution in [3.63, 3.8) is 0 Å². The number of benzene rings is 3. The second kappa shape index (κ2) is 8.69. The molecular weight excluding hydrogens is 378 g/mol. The fourth-order valence-corrected chi connectivity index (χ4v) is 3.52. The highest BCUT2D eigenvalue weighted by molar-refractivity contribution is 5.99. The molecule has 6 heteroatoms. The quantitative estimate of drug-likeness (QED) is 0.505. The number of hydrogen-bond donors (Lipinski definition) is 3. The molecule has 6 nitrogen and oxygen atoms in total. The molecule has 0 saturated heterocycles. The lowest BCUT2D eigenvalue weighted by molar-refractivity contribution is -0.117. The van der Waals surface area contributed by atoms with Crippen LogP contribution in [0, 0.1) is 0 Å². The van der Waals surface area contributed by atoms with E-state index in [0.29, 0.717) is 25.3 Å². The molecule has 4 N–H and O–H groups in total. The minimum Gasteiger partial charge on any atom is -0.491 e. The lowest BCUT2D eigenvalue weighted by Gasteiger charge is -2.12. The topological polar surface area (TPSA) is 93.5 Å². The van der Waals surface area contributed by atoms with Crippen molar-refractivity contribution in [1.29, 1.82) is 0 Å². The third-order valence-electron chi connectivity index (χ3n) is 4.97. The van der Waals surface area contributed by atoms with Crippen molar-refractivity contribution in [1.82, 2.24) is 0 Å². The van der Waals surface area contributed by atoms with Gasteiger partial charge in [0.1, 0.15) is 12.4 Å². The molecule has 3 aromatic rings. The zero-order valence-electron chi connectivity index (χ0n) is 16.5. The average molecular weight is 401 g/mol. The van der Waals surface area contributed by atoms with E-state index in [9.17, 15) is 9.59 Å². The molecule has 0 unspecified atom stereocenters. The number of carbonyl (C=O) groups is 2. The number of primary amides is 1. The van der Waals surface area contributed by atoms with E-state index in [2.05, 4.69) is 28.8 Å². The van der Waals surface area contributed by atoms with Gasteiger partial charge in [0.25, 0.3) is 0 Å². The second-order valence-electron chi connectivity index (χ2n) is 7.20. The molecule has 4 rings (SSSR count). The zero-order chi connectivity index (χ0) is 20.9. The summed E-state index contributed by atoms with van der Waals surface area (Å²) in [5.74, 6) is 0.342. The molecule has 0 radical (unpaired) electrons. The van der Waals surface area contributed by atoms with E-state index in [1.165, 1.54) is 0 Å². The van der Waals surface area contributed by atoms with Crippen LogP contribution in [0.4, 0.5) is 11.4 Å². The largest absolute Gasteiger partial charge is 0.491 e. The number of nitrogens with two attached hydrogens (primary N) is 1. The number of anilines is 2. The van der Waals surface area contributed by atoms with Gasteiger partial charge in [-0.25, -0.2) is 0 Å². The second-order valence-corrected chi connectivity index (χ2v) is 7.20. The van der Waals surface area contributed by atoms with Gasteiger partial charge in [-0.2, -0.15) is 0 Å². The Bertz CT molecular complexity index is 1080. The summed E-state index contributed by atoms with van der Waals surface area (Å²) in [6.07, 6.45) is 0.601. The number of amides is 2. The zero-order valence-corrected chi connectivity index (χ0v) is 16.5. The van der Waals surface area contributed by atoms with E-state index >= 15 is 0 Å². The van der Waals surface area contributed by atoms with Gasteiger partial charge >= 0.3 is 0 Å². The predicted molar refractivity (Wildman–Crippen MR) is 118 cm³/mol. The first-order valence-electron chi connectivity index (χ1n) is 9.84. The first-order chi connectivity index (χ1) is 14.6. The van der Waals surface area contributed by atoms with Crippen molar-refractivity contribution < 1.29 is 14.3 Å². The summed E-state index contributed by atoms with van der Waals surface area (Å²) in [7, 11) is 0. The van der Waals surface area contributed by atoms with E-state index < -0.39 is 0 Å². The summed E-state index contributed by atoms with van der Waals surface area (Å²) in [4.78, 5) is 22.7. The molecule has 0 spiro atoms. The Kier molecular flexibility index (Phi) is 5.66. The highest BCUT2D eigenvalue weighted by Gasteiger charge is 2.17. The molecule has 1 heterocycles. The maximum Gasteiger partial charge on any atom is 0.228 e. The lowest BCUT2D eigenvalue weighted by atomic mass is 10.0. The molecule has 0 atom stereocenters. The van der Waals surface area contributed by atoms with Crippen LogP contribution in [-0.2, 0) is 22.4 Å². The number of ether oxygens (including phenoxy) is 1. The number of carbonyl (C=O) groups excluding carboxylic acids is 2. The maximum absolute atomic E-state index is 11.5. The lowest BCUT2D eigenvalue weighted by Crippen LogP contribution is -2.16. The summed E-state index contributed by atoms with van der Waals surface area (Å²) in [5, 5.41) is 6.18. The third kappa shape index (κ3) is 4.60. The molecular formula is C24H23N3O3. The molecule has 30 heavy (non-hydrogen) atoms. The fourth-order valence-electron chi connectivity index (χ4n) is 3.52. The van der Waals surface area contributed by atoms with Crippen LogP contribution in [-0.4, -0.2) is 25.0 Å². The molecule has 2 amide bonds. The van der Waals surface area contributed by atoms with E-state index in [1.807, 2.05) is 48.5 Å². The Morgan fingerprint density at radius 2 is 1.80 bits per heavy atom. The normalized spacial score (nSPS) is 12.2. The molecule has 0 bridgehead atoms. The highest BCUT2D eigenvalue weighted by Crippen LogP contribution is 2.29. The molecule has 0 saturated carbocycles. The molecule has 152 valence electrons. The Hall–Kier alpha value is -3.80. The number of fused-ring (bicyclic) bond motifs is 1. The van der Waals surface area contributed by atoms with Crippen molar-refractivity contribution in [2.45, 2.75) is 12.8 Å². The van der Waals surface area contributed by atoms with Gasteiger partial charge in [0.2, 0.25) is 11.8 Å². The van der Waals surface area contributed by atoms with Gasteiger partial charge in [-0.1, -0.05) is 36.4 Å². The summed E-state index contributed by atoms with van der Waals surface area (Å²) >= 11 is 0. The van der Waals surface area contributed by atoms with E-state index in [0.717, 1.165) is 33.6 Å². The van der Waals surface area contributed by atoms with Gasteiger partial charge in [0, 0.05) is 23.5 Å². The summed E-state index contributed by atoms with van der Waals surface area (Å²) < 4.78 is 5.80. The smallest absolute Gasteiger partial charge is 0.228 e. The van der Waals surface area contributed by atoms with Gasteiger partial charge in [-0.15, -0.1) is 0 Å². The molecule has 3 aromatic carbocycles. The first kappa shape index (κ1) is 19.5. The SMILES string of the molecule is NC(=O)Cc1ccccc1OCCNc1ccc(-c2ccc3c(c2)CC(=O)N3)cc1. The van der Waals surface area contributed by atoms with Crippen molar-refractivity contribution in [2.24, 2.45) is 5.73 Å². The number of nitrogens with one attached hydrogen (secondary N) is 2. The van der Waals surface area contributed by atoms with Gasteiger partial charge in [0.05, 0.1) is 12.8 Å². The monoisotopic (exact) mass is 401 g/mol. The van der Waals surface area contributed by atoms with Gasteiger partial charge in [0.15, 0.2) is 0 Å². The molecule has 0 aromatic heterocycles. The Morgan fingerprint density at radius 1 is 1.03 bits per heavy atom. The van der Waals surface area contributed by atoms with E-state index in [1.54, 1.807) is 0 Å². The summed E-state index contributed by atoms with van der Waals surface area (Å²) in [6.45, 7) is 1.08. The standard InChI is InChI=1S/C24H23N3O3/c25-23(28)14-18-3-1-2-4-22(18)30-12-11-26-20-8-5-16(6-9-20)17-7-10-21-19(13-17)15-24(29)27-21/h1-10,13,26H,11-12,14-15H2,(H2,25,28)(H,27,29). The third-order valence-corrected chi connectivity index (χ3v) is 4.97. The van der Waals surface area contributed by atoms with Gasteiger partial charge < -0.3 is 21.1 Å². The van der Waals surface area contributed by atoms with Crippen LogP contribution in [0.2, 0.25) is 0 Å². The predicted octanol–water partition coefficient (Wildman–Crippen LogP) is 3.37. The fraction of sp³-hybridized carbons (Fsp3) is 0.167. The van der Waals surface area contributed by atoms with Crippen LogP contribution in [0.25, 0.3) is 11.1 Å². The van der Waals surface area contributed by atoms with Crippen LogP contribution >= 0.6 is 0 Å². The minimum atomic E-state index is -0.379. The molecule has 1 aliphatic rings.